The van der Waals surface area contributed by atoms with Crippen molar-refractivity contribution in [3.63, 3.8) is 0 Å². The molecule has 2 rings (SSSR count). The number of halogens is 2. The minimum atomic E-state index is -0.483. The summed E-state index contributed by atoms with van der Waals surface area (Å²) in [5.41, 5.74) is -0.483. The van der Waals surface area contributed by atoms with Gasteiger partial charge in [0.1, 0.15) is 23.0 Å². The molecule has 1 amide bonds. The van der Waals surface area contributed by atoms with Gasteiger partial charge in [0.25, 0.3) is 0 Å². The van der Waals surface area contributed by atoms with Gasteiger partial charge in [-0.1, -0.05) is 0 Å². The number of Topliss-reactive ketones (excluding diaryl/α,β-unsaturated/α-hetero) is 1. The molecule has 1 saturated carbocycles. The first-order valence-corrected chi connectivity index (χ1v) is 7.58. The van der Waals surface area contributed by atoms with E-state index in [1.54, 1.807) is 0 Å². The number of benzene rings is 1. The Morgan fingerprint density at radius 3 is 2.13 bits per heavy atom. The van der Waals surface area contributed by atoms with E-state index in [2.05, 4.69) is 5.32 Å². The first-order chi connectivity index (χ1) is 10.7. The number of nitrogens with one attached hydrogen (secondary N) is 1. The number of carbonyl (C=O) groups is 2. The predicted octanol–water partition coefficient (Wildman–Crippen LogP) is 3.99. The van der Waals surface area contributed by atoms with Gasteiger partial charge in [0.05, 0.1) is 0 Å². The van der Waals surface area contributed by atoms with E-state index in [0.717, 1.165) is 37.1 Å². The first kappa shape index (κ1) is 19.1. The Labute approximate surface area is 135 Å². The Balaban J connectivity index is 0.000000277. The summed E-state index contributed by atoms with van der Waals surface area (Å²) in [6.45, 7) is 5.45. The number of alkyl carbamates (subject to hydrolysis) is 1. The molecular weight excluding hydrogens is 304 g/mol. The van der Waals surface area contributed by atoms with Crippen molar-refractivity contribution >= 4 is 11.9 Å². The normalized spacial score (nSPS) is 17.8. The molecule has 1 aromatic carbocycles. The summed E-state index contributed by atoms with van der Waals surface area (Å²) in [5, 5.41) is 2.72. The predicted molar refractivity (Wildman–Crippen MR) is 83.0 cm³/mol. The average molecular weight is 327 g/mol. The van der Waals surface area contributed by atoms with Crippen molar-refractivity contribution in [2.45, 2.75) is 58.1 Å². The Kier molecular flexibility index (Phi) is 7.13. The van der Waals surface area contributed by atoms with Gasteiger partial charge in [-0.15, -0.1) is 0 Å². The fraction of sp³-hybridized carbons (Fsp3) is 0.529. The smallest absolute Gasteiger partial charge is 0.407 e. The van der Waals surface area contributed by atoms with E-state index in [4.69, 9.17) is 4.74 Å². The van der Waals surface area contributed by atoms with Crippen molar-refractivity contribution in [1.29, 1.82) is 0 Å². The number of carbonyl (C=O) groups excluding carboxylic acids is 2. The lowest BCUT2D eigenvalue weighted by atomic mass is 9.94. The summed E-state index contributed by atoms with van der Waals surface area (Å²) in [6, 6.07) is 4.27. The van der Waals surface area contributed by atoms with E-state index in [0.29, 0.717) is 12.8 Å². The molecule has 4 nitrogen and oxygen atoms in total. The highest BCUT2D eigenvalue weighted by Gasteiger charge is 2.23. The molecule has 0 radical (unpaired) electrons. The van der Waals surface area contributed by atoms with Crippen LogP contribution in [0.15, 0.2) is 24.3 Å². The first-order valence-electron chi connectivity index (χ1n) is 7.58. The number of ether oxygens (including phenoxy) is 1. The summed E-state index contributed by atoms with van der Waals surface area (Å²) in [5.74, 6) is -0.597. The maximum Gasteiger partial charge on any atom is 0.407 e. The summed E-state index contributed by atoms with van der Waals surface area (Å²) >= 11 is 0. The molecule has 0 unspecified atom stereocenters. The van der Waals surface area contributed by atoms with Crippen LogP contribution in [0, 0.1) is 11.6 Å². The van der Waals surface area contributed by atoms with Crippen molar-refractivity contribution in [1.82, 2.24) is 5.32 Å². The monoisotopic (exact) mass is 327 g/mol. The Morgan fingerprint density at radius 2 is 1.70 bits per heavy atom. The summed E-state index contributed by atoms with van der Waals surface area (Å²) in [7, 11) is 0. The minimum Gasteiger partial charge on any atom is -0.444 e. The molecule has 0 aromatic heterocycles. The second kappa shape index (κ2) is 8.60. The van der Waals surface area contributed by atoms with E-state index >= 15 is 0 Å². The molecule has 0 saturated heterocycles. The summed E-state index contributed by atoms with van der Waals surface area (Å²) in [4.78, 5) is 22.5. The van der Waals surface area contributed by atoms with Crippen molar-refractivity contribution in [2.24, 2.45) is 0 Å². The molecule has 0 bridgehead atoms. The number of rotatable bonds is 1. The average Bonchev–Trinajstić information content (AvgIpc) is 2.40. The summed E-state index contributed by atoms with van der Waals surface area (Å²) < 4.78 is 29.0. The molecule has 0 spiro atoms. The number of amides is 1. The highest BCUT2D eigenvalue weighted by atomic mass is 19.1. The molecule has 1 aliphatic rings. The van der Waals surface area contributed by atoms with Crippen molar-refractivity contribution in [2.75, 3.05) is 0 Å². The van der Waals surface area contributed by atoms with Gasteiger partial charge in [0, 0.05) is 18.9 Å². The standard InChI is InChI=1S/C11H19NO3.C6H4F2/c1-11(2,3)15-10(14)12-8-5-4-6-9(13)7-8;7-5-1-2-6(8)4-3-5/h8H,4-7H2,1-3H3,(H,12,14);1-4H/t8-;/m1./s1. The largest absolute Gasteiger partial charge is 0.444 e. The van der Waals surface area contributed by atoms with E-state index < -0.39 is 23.3 Å². The molecular formula is C17H23F2NO3. The van der Waals surface area contributed by atoms with Crippen LogP contribution in [0.25, 0.3) is 0 Å². The van der Waals surface area contributed by atoms with Crippen LogP contribution in [-0.4, -0.2) is 23.5 Å². The van der Waals surface area contributed by atoms with Gasteiger partial charge in [-0.05, 0) is 57.9 Å². The Hall–Kier alpha value is -1.98. The van der Waals surface area contributed by atoms with Crippen molar-refractivity contribution in [3.05, 3.63) is 35.9 Å². The van der Waals surface area contributed by atoms with Gasteiger partial charge in [0.15, 0.2) is 0 Å². The number of hydrogen-bond donors (Lipinski definition) is 1. The fourth-order valence-electron chi connectivity index (χ4n) is 2.05. The third kappa shape index (κ3) is 8.90. The van der Waals surface area contributed by atoms with Crippen LogP contribution in [0.2, 0.25) is 0 Å². The topological polar surface area (TPSA) is 55.4 Å². The SMILES string of the molecule is CC(C)(C)OC(=O)N[C@@H]1CCCC(=O)C1.Fc1ccc(F)cc1. The fourth-order valence-corrected chi connectivity index (χ4v) is 2.05. The Bertz CT molecular complexity index is 503. The van der Waals surface area contributed by atoms with E-state index in [1.807, 2.05) is 20.8 Å². The van der Waals surface area contributed by atoms with E-state index in [9.17, 15) is 18.4 Å². The highest BCUT2D eigenvalue weighted by molar-refractivity contribution is 5.80. The van der Waals surface area contributed by atoms with Crippen LogP contribution in [-0.2, 0) is 9.53 Å². The lowest BCUT2D eigenvalue weighted by Gasteiger charge is -2.25. The molecule has 0 aliphatic heterocycles. The van der Waals surface area contributed by atoms with Crippen molar-refractivity contribution < 1.29 is 23.1 Å². The molecule has 1 fully saturated rings. The third-order valence-electron chi connectivity index (χ3n) is 3.01. The molecule has 1 atom stereocenters. The molecule has 1 N–H and O–H groups in total. The molecule has 1 aliphatic carbocycles. The van der Waals surface area contributed by atoms with Crippen LogP contribution in [0.4, 0.5) is 13.6 Å². The maximum absolute atomic E-state index is 11.9. The summed E-state index contributed by atoms with van der Waals surface area (Å²) in [6.07, 6.45) is 2.39. The quantitative estimate of drug-likeness (QED) is 0.848. The highest BCUT2D eigenvalue weighted by Crippen LogP contribution is 2.15. The van der Waals surface area contributed by atoms with Gasteiger partial charge in [-0.3, -0.25) is 4.79 Å². The van der Waals surface area contributed by atoms with Gasteiger partial charge in [-0.2, -0.15) is 0 Å². The van der Waals surface area contributed by atoms with E-state index in [1.165, 1.54) is 0 Å². The van der Waals surface area contributed by atoms with Gasteiger partial charge >= 0.3 is 6.09 Å². The van der Waals surface area contributed by atoms with Gasteiger partial charge < -0.3 is 10.1 Å². The second-order valence-electron chi connectivity index (χ2n) is 6.41. The molecule has 23 heavy (non-hydrogen) atoms. The zero-order chi connectivity index (χ0) is 17.5. The third-order valence-corrected chi connectivity index (χ3v) is 3.01. The minimum absolute atomic E-state index is 0.0406. The Morgan fingerprint density at radius 1 is 1.17 bits per heavy atom. The van der Waals surface area contributed by atoms with Gasteiger partial charge in [0.2, 0.25) is 0 Å². The lowest BCUT2D eigenvalue weighted by Crippen LogP contribution is -2.41. The molecule has 6 heteroatoms. The van der Waals surface area contributed by atoms with Crippen LogP contribution < -0.4 is 5.32 Å². The number of hydrogen-bond acceptors (Lipinski definition) is 3. The zero-order valence-corrected chi connectivity index (χ0v) is 13.7. The van der Waals surface area contributed by atoms with Crippen LogP contribution in [0.5, 0.6) is 0 Å². The maximum atomic E-state index is 11.9. The molecule has 1 aromatic rings. The number of ketones is 1. The second-order valence-corrected chi connectivity index (χ2v) is 6.41. The van der Waals surface area contributed by atoms with Crippen LogP contribution in [0.1, 0.15) is 46.5 Å². The van der Waals surface area contributed by atoms with E-state index in [-0.39, 0.29) is 11.8 Å². The molecule has 128 valence electrons. The zero-order valence-electron chi connectivity index (χ0n) is 13.7. The van der Waals surface area contributed by atoms with Crippen LogP contribution in [0.3, 0.4) is 0 Å². The van der Waals surface area contributed by atoms with Crippen molar-refractivity contribution in [3.8, 4) is 0 Å². The lowest BCUT2D eigenvalue weighted by molar-refractivity contribution is -0.120. The van der Waals surface area contributed by atoms with Crippen LogP contribution >= 0.6 is 0 Å². The molecule has 0 heterocycles. The van der Waals surface area contributed by atoms with Gasteiger partial charge in [-0.25, -0.2) is 13.6 Å².